The molecule has 1 N–H and O–H groups in total. The topological polar surface area (TPSA) is 71.0 Å². The van der Waals surface area contributed by atoms with Gasteiger partial charge >= 0.3 is 0 Å². The second kappa shape index (κ2) is 6.66. The van der Waals surface area contributed by atoms with E-state index in [2.05, 4.69) is 10.2 Å². The molecule has 4 aliphatic heterocycles. The van der Waals surface area contributed by atoms with Crippen LogP contribution in [-0.4, -0.2) is 68.7 Å². The minimum Gasteiger partial charge on any atom is -0.374 e. The molecule has 6 nitrogen and oxygen atoms in total. The number of hydrogen-bond donors (Lipinski definition) is 1. The van der Waals surface area contributed by atoms with Gasteiger partial charge in [-0.15, -0.1) is 0 Å². The van der Waals surface area contributed by atoms with Crippen molar-refractivity contribution in [2.24, 2.45) is 22.7 Å². The Balaban J connectivity index is 1.29. The maximum absolute atomic E-state index is 11.7. The zero-order valence-corrected chi connectivity index (χ0v) is 16.3. The maximum atomic E-state index is 11.7. The number of nitrogens with one attached hydrogen (secondary N) is 1. The molecule has 0 aromatic heterocycles. The Bertz CT molecular complexity index is 656. The minimum absolute atomic E-state index is 0.196. The van der Waals surface area contributed by atoms with Gasteiger partial charge in [-0.3, -0.25) is 4.99 Å². The van der Waals surface area contributed by atoms with Crippen LogP contribution in [0.3, 0.4) is 0 Å². The van der Waals surface area contributed by atoms with Crippen molar-refractivity contribution >= 4 is 15.8 Å². The van der Waals surface area contributed by atoms with Gasteiger partial charge in [-0.1, -0.05) is 12.8 Å². The molecule has 4 heterocycles. The number of ether oxygens (including phenoxy) is 1. The predicted octanol–water partition coefficient (Wildman–Crippen LogP) is 1.42. The van der Waals surface area contributed by atoms with Crippen LogP contribution in [-0.2, 0) is 14.6 Å². The van der Waals surface area contributed by atoms with Crippen molar-refractivity contribution in [1.82, 2.24) is 10.2 Å². The van der Waals surface area contributed by atoms with E-state index in [0.717, 1.165) is 25.5 Å². The first-order valence-electron chi connectivity index (χ1n) is 10.5. The molecule has 5 unspecified atom stereocenters. The second-order valence-corrected chi connectivity index (χ2v) is 11.3. The summed E-state index contributed by atoms with van der Waals surface area (Å²) in [6, 6.07) is 0.537. The summed E-state index contributed by atoms with van der Waals surface area (Å²) in [5, 5.41) is 3.73. The number of likely N-dealkylation sites (tertiary alicyclic amines) is 1. The molecule has 2 bridgehead atoms. The molecule has 146 valence electrons. The van der Waals surface area contributed by atoms with Crippen LogP contribution < -0.4 is 5.32 Å². The fourth-order valence-corrected chi connectivity index (χ4v) is 7.70. The number of aliphatic imine (C=N–C) groups is 1. The number of rotatable bonds is 3. The molecule has 0 spiro atoms. The SMILES string of the molecule is O=S1(=O)CCC(CN=C(NC2CCCC2)N2CC3C4CCC(O4)C3C2)C1. The number of nitrogens with zero attached hydrogens (tertiary/aromatic N) is 2. The summed E-state index contributed by atoms with van der Waals surface area (Å²) in [4.78, 5) is 7.39. The Morgan fingerprint density at radius 3 is 2.35 bits per heavy atom. The van der Waals surface area contributed by atoms with Gasteiger partial charge in [-0.25, -0.2) is 8.42 Å². The first-order valence-corrected chi connectivity index (χ1v) is 12.3. The first-order chi connectivity index (χ1) is 12.6. The van der Waals surface area contributed by atoms with Crippen LogP contribution in [0.4, 0.5) is 0 Å². The van der Waals surface area contributed by atoms with Crippen LogP contribution in [0.25, 0.3) is 0 Å². The lowest BCUT2D eigenvalue weighted by molar-refractivity contribution is 0.0766. The van der Waals surface area contributed by atoms with Crippen molar-refractivity contribution in [3.63, 3.8) is 0 Å². The number of guanidine groups is 1. The Morgan fingerprint density at radius 1 is 1.04 bits per heavy atom. The Labute approximate surface area is 156 Å². The van der Waals surface area contributed by atoms with Crippen molar-refractivity contribution in [2.45, 2.75) is 63.2 Å². The smallest absolute Gasteiger partial charge is 0.194 e. The number of hydrogen-bond acceptors (Lipinski definition) is 4. The maximum Gasteiger partial charge on any atom is 0.194 e. The monoisotopic (exact) mass is 381 g/mol. The van der Waals surface area contributed by atoms with Gasteiger partial charge in [0.05, 0.1) is 23.7 Å². The van der Waals surface area contributed by atoms with Crippen LogP contribution >= 0.6 is 0 Å². The molecule has 5 atom stereocenters. The lowest BCUT2D eigenvalue weighted by Crippen LogP contribution is -2.45. The van der Waals surface area contributed by atoms with E-state index in [4.69, 9.17) is 9.73 Å². The average molecular weight is 382 g/mol. The van der Waals surface area contributed by atoms with Crippen LogP contribution in [0, 0.1) is 17.8 Å². The molecule has 4 saturated heterocycles. The van der Waals surface area contributed by atoms with Crippen LogP contribution in [0.5, 0.6) is 0 Å². The highest BCUT2D eigenvalue weighted by Crippen LogP contribution is 2.47. The van der Waals surface area contributed by atoms with E-state index in [1.165, 1.54) is 38.5 Å². The molecule has 0 aromatic rings. The van der Waals surface area contributed by atoms with Crippen molar-refractivity contribution < 1.29 is 13.2 Å². The second-order valence-electron chi connectivity index (χ2n) is 9.08. The summed E-state index contributed by atoms with van der Waals surface area (Å²) in [5.41, 5.74) is 0. The highest BCUT2D eigenvalue weighted by molar-refractivity contribution is 7.91. The highest BCUT2D eigenvalue weighted by atomic mass is 32.2. The fraction of sp³-hybridized carbons (Fsp3) is 0.947. The molecule has 26 heavy (non-hydrogen) atoms. The Morgan fingerprint density at radius 2 is 1.73 bits per heavy atom. The quantitative estimate of drug-likeness (QED) is 0.591. The number of fused-ring (bicyclic) bond motifs is 5. The zero-order valence-electron chi connectivity index (χ0n) is 15.5. The summed E-state index contributed by atoms with van der Waals surface area (Å²) >= 11 is 0. The summed E-state index contributed by atoms with van der Waals surface area (Å²) in [7, 11) is -2.82. The van der Waals surface area contributed by atoms with E-state index < -0.39 is 9.84 Å². The molecule has 7 heteroatoms. The molecule has 5 fully saturated rings. The fourth-order valence-electron chi connectivity index (χ4n) is 5.85. The van der Waals surface area contributed by atoms with E-state index in [1.54, 1.807) is 0 Å². The van der Waals surface area contributed by atoms with E-state index >= 15 is 0 Å². The van der Waals surface area contributed by atoms with E-state index in [1.807, 2.05) is 0 Å². The standard InChI is InChI=1S/C19H31N3O3S/c23-26(24)8-7-13(12-26)9-20-19(21-14-3-1-2-4-14)22-10-15-16(11-22)18-6-5-17(15)25-18/h13-18H,1-12H2,(H,20,21). The third-order valence-electron chi connectivity index (χ3n) is 7.27. The Kier molecular flexibility index (Phi) is 4.43. The molecule has 5 rings (SSSR count). The zero-order chi connectivity index (χ0) is 17.7. The van der Waals surface area contributed by atoms with E-state index in [0.29, 0.717) is 48.1 Å². The highest BCUT2D eigenvalue weighted by Gasteiger charge is 2.53. The summed E-state index contributed by atoms with van der Waals surface area (Å²) in [6.07, 6.45) is 9.20. The molecule has 1 aliphatic carbocycles. The molecule has 0 aromatic carbocycles. The van der Waals surface area contributed by atoms with Gasteiger partial charge < -0.3 is 15.0 Å². The molecule has 1 saturated carbocycles. The van der Waals surface area contributed by atoms with Crippen molar-refractivity contribution in [1.29, 1.82) is 0 Å². The van der Waals surface area contributed by atoms with E-state index in [-0.39, 0.29) is 5.92 Å². The summed E-state index contributed by atoms with van der Waals surface area (Å²) in [5.74, 6) is 3.22. The minimum atomic E-state index is -2.82. The van der Waals surface area contributed by atoms with Gasteiger partial charge in [0.1, 0.15) is 0 Å². The third kappa shape index (κ3) is 3.26. The summed E-state index contributed by atoms with van der Waals surface area (Å²) < 4.78 is 29.6. The largest absolute Gasteiger partial charge is 0.374 e. The Hall–Kier alpha value is -0.820. The molecule has 5 aliphatic rings. The third-order valence-corrected chi connectivity index (χ3v) is 9.10. The molecule has 0 amide bonds. The lowest BCUT2D eigenvalue weighted by Gasteiger charge is -2.26. The van der Waals surface area contributed by atoms with Crippen molar-refractivity contribution in [3.05, 3.63) is 0 Å². The van der Waals surface area contributed by atoms with Crippen LogP contribution in [0.1, 0.15) is 44.9 Å². The predicted molar refractivity (Wildman–Crippen MR) is 101 cm³/mol. The van der Waals surface area contributed by atoms with Gasteiger partial charge in [-0.05, 0) is 38.0 Å². The van der Waals surface area contributed by atoms with Gasteiger partial charge in [0, 0.05) is 37.5 Å². The van der Waals surface area contributed by atoms with Gasteiger partial charge in [0.2, 0.25) is 0 Å². The van der Waals surface area contributed by atoms with Gasteiger partial charge in [0.25, 0.3) is 0 Å². The van der Waals surface area contributed by atoms with Crippen LogP contribution in [0.15, 0.2) is 4.99 Å². The van der Waals surface area contributed by atoms with Gasteiger partial charge in [-0.2, -0.15) is 0 Å². The normalized spacial score (nSPS) is 41.9. The first kappa shape index (κ1) is 17.3. The van der Waals surface area contributed by atoms with Crippen molar-refractivity contribution in [3.8, 4) is 0 Å². The number of sulfone groups is 1. The average Bonchev–Trinajstić information content (AvgIpc) is 3.37. The van der Waals surface area contributed by atoms with Crippen LogP contribution in [0.2, 0.25) is 0 Å². The van der Waals surface area contributed by atoms with E-state index in [9.17, 15) is 8.42 Å². The summed E-state index contributed by atoms with van der Waals surface area (Å²) in [6.45, 7) is 2.74. The molecular formula is C19H31N3O3S. The molecular weight excluding hydrogens is 350 g/mol. The van der Waals surface area contributed by atoms with Crippen molar-refractivity contribution in [2.75, 3.05) is 31.1 Å². The lowest BCUT2D eigenvalue weighted by atomic mass is 9.82. The van der Waals surface area contributed by atoms with Gasteiger partial charge in [0.15, 0.2) is 15.8 Å². The molecule has 0 radical (unpaired) electrons.